The minimum absolute atomic E-state index is 0.0890. The summed E-state index contributed by atoms with van der Waals surface area (Å²) in [6, 6.07) is 11.8. The van der Waals surface area contributed by atoms with Gasteiger partial charge in [-0.1, -0.05) is 23.7 Å². The fraction of sp³-hybridized carbons (Fsp3) is 0.150. The molecule has 0 radical (unpaired) electrons. The third-order valence-corrected chi connectivity index (χ3v) is 4.54. The highest BCUT2D eigenvalue weighted by molar-refractivity contribution is 6.33. The van der Waals surface area contributed by atoms with E-state index < -0.39 is 4.92 Å². The Hall–Kier alpha value is -3.72. The standard InChI is InChI=1S/C20H20ClN7O2/c1-23-18(8-9-22)24-10-11-25-19-15-4-2-3-5-17(15)26-20(27-19)14-7-6-13(28(29)30)12-16(14)21/h2-9,12H,10-11,22H2,1H3,(H,23,24)(H,25,26,27). The molecular formula is C20H20ClN7O2. The zero-order valence-electron chi connectivity index (χ0n) is 16.2. The Balaban J connectivity index is 1.89. The van der Waals surface area contributed by atoms with Gasteiger partial charge in [0, 0.05) is 43.2 Å². The number of non-ortho nitro benzene ring substituents is 1. The van der Waals surface area contributed by atoms with Crippen molar-refractivity contribution in [3.05, 3.63) is 69.9 Å². The monoisotopic (exact) mass is 425 g/mol. The van der Waals surface area contributed by atoms with E-state index >= 15 is 0 Å². The Morgan fingerprint density at radius 2 is 2.07 bits per heavy atom. The molecule has 3 rings (SSSR count). The summed E-state index contributed by atoms with van der Waals surface area (Å²) in [5.41, 5.74) is 6.55. The summed E-state index contributed by atoms with van der Waals surface area (Å²) >= 11 is 6.27. The van der Waals surface area contributed by atoms with Crippen LogP contribution in [0.3, 0.4) is 0 Å². The minimum Gasteiger partial charge on any atom is -0.404 e. The van der Waals surface area contributed by atoms with E-state index in [2.05, 4.69) is 25.6 Å². The fourth-order valence-corrected chi connectivity index (χ4v) is 3.07. The minimum atomic E-state index is -0.495. The van der Waals surface area contributed by atoms with Crippen molar-refractivity contribution in [3.8, 4) is 11.4 Å². The molecular weight excluding hydrogens is 406 g/mol. The Morgan fingerprint density at radius 1 is 1.27 bits per heavy atom. The van der Waals surface area contributed by atoms with Gasteiger partial charge in [-0.05, 0) is 30.5 Å². The number of benzene rings is 2. The molecule has 1 heterocycles. The number of fused-ring (bicyclic) bond motifs is 1. The molecule has 1 aromatic heterocycles. The second-order valence-corrected chi connectivity index (χ2v) is 6.56. The van der Waals surface area contributed by atoms with Crippen LogP contribution in [0, 0.1) is 10.1 Å². The molecule has 0 aliphatic heterocycles. The van der Waals surface area contributed by atoms with Gasteiger partial charge in [0.05, 0.1) is 15.5 Å². The van der Waals surface area contributed by atoms with E-state index in [0.717, 1.165) is 10.9 Å². The van der Waals surface area contributed by atoms with E-state index in [-0.39, 0.29) is 10.7 Å². The first-order valence-corrected chi connectivity index (χ1v) is 9.45. The van der Waals surface area contributed by atoms with Crippen molar-refractivity contribution in [2.45, 2.75) is 0 Å². The molecule has 0 spiro atoms. The van der Waals surface area contributed by atoms with E-state index in [4.69, 9.17) is 17.3 Å². The molecule has 10 heteroatoms. The molecule has 0 saturated heterocycles. The molecule has 0 aliphatic carbocycles. The highest BCUT2D eigenvalue weighted by atomic mass is 35.5. The van der Waals surface area contributed by atoms with Crippen molar-refractivity contribution in [1.29, 1.82) is 0 Å². The van der Waals surface area contributed by atoms with E-state index in [0.29, 0.717) is 36.1 Å². The Kier molecular flexibility index (Phi) is 6.76. The lowest BCUT2D eigenvalue weighted by atomic mass is 10.1. The second-order valence-electron chi connectivity index (χ2n) is 6.16. The van der Waals surface area contributed by atoms with Crippen molar-refractivity contribution in [1.82, 2.24) is 15.3 Å². The third-order valence-electron chi connectivity index (χ3n) is 4.23. The molecule has 2 aromatic carbocycles. The average Bonchev–Trinajstić information content (AvgIpc) is 2.75. The van der Waals surface area contributed by atoms with E-state index in [9.17, 15) is 10.1 Å². The van der Waals surface area contributed by atoms with Gasteiger partial charge < -0.3 is 16.4 Å². The first-order valence-electron chi connectivity index (χ1n) is 9.07. The molecule has 30 heavy (non-hydrogen) atoms. The van der Waals surface area contributed by atoms with Crippen molar-refractivity contribution in [3.63, 3.8) is 0 Å². The van der Waals surface area contributed by atoms with Crippen LogP contribution in [-0.2, 0) is 0 Å². The number of nitrogens with two attached hydrogens (primary N) is 1. The number of nitrogens with zero attached hydrogens (tertiary/aromatic N) is 4. The number of halogens is 1. The van der Waals surface area contributed by atoms with Gasteiger partial charge in [0.1, 0.15) is 11.7 Å². The van der Waals surface area contributed by atoms with Crippen LogP contribution >= 0.6 is 11.6 Å². The number of nitrogens with one attached hydrogen (secondary N) is 2. The zero-order valence-corrected chi connectivity index (χ0v) is 16.9. The number of aromatic nitrogens is 2. The normalized spacial score (nSPS) is 11.7. The average molecular weight is 426 g/mol. The molecule has 0 fully saturated rings. The van der Waals surface area contributed by atoms with Crippen LogP contribution in [0.5, 0.6) is 0 Å². The largest absolute Gasteiger partial charge is 0.404 e. The van der Waals surface area contributed by atoms with Gasteiger partial charge in [-0.15, -0.1) is 0 Å². The lowest BCUT2D eigenvalue weighted by Gasteiger charge is -2.12. The number of anilines is 1. The summed E-state index contributed by atoms with van der Waals surface area (Å²) < 4.78 is 0. The summed E-state index contributed by atoms with van der Waals surface area (Å²) in [5.74, 6) is 1.69. The number of para-hydroxylation sites is 1. The van der Waals surface area contributed by atoms with Crippen LogP contribution < -0.4 is 16.4 Å². The summed E-state index contributed by atoms with van der Waals surface area (Å²) in [4.78, 5) is 23.7. The van der Waals surface area contributed by atoms with Crippen LogP contribution in [0.4, 0.5) is 11.5 Å². The molecule has 9 nitrogen and oxygen atoms in total. The third kappa shape index (κ3) is 4.81. The highest BCUT2D eigenvalue weighted by Gasteiger charge is 2.15. The van der Waals surface area contributed by atoms with Crippen LogP contribution in [0.1, 0.15) is 0 Å². The topological polar surface area (TPSA) is 131 Å². The van der Waals surface area contributed by atoms with Gasteiger partial charge in [-0.3, -0.25) is 15.1 Å². The predicted octanol–water partition coefficient (Wildman–Crippen LogP) is 3.36. The smallest absolute Gasteiger partial charge is 0.270 e. The van der Waals surface area contributed by atoms with Gasteiger partial charge in [0.15, 0.2) is 5.82 Å². The van der Waals surface area contributed by atoms with Crippen molar-refractivity contribution in [2.75, 3.05) is 25.5 Å². The van der Waals surface area contributed by atoms with Crippen LogP contribution in [0.25, 0.3) is 22.3 Å². The van der Waals surface area contributed by atoms with Gasteiger partial charge in [0.25, 0.3) is 5.69 Å². The summed E-state index contributed by atoms with van der Waals surface area (Å²) in [6.07, 6.45) is 3.09. The van der Waals surface area contributed by atoms with Gasteiger partial charge in [0.2, 0.25) is 0 Å². The maximum absolute atomic E-state index is 11.0. The van der Waals surface area contributed by atoms with Crippen molar-refractivity contribution in [2.24, 2.45) is 10.7 Å². The number of hydrogen-bond donors (Lipinski definition) is 3. The maximum atomic E-state index is 11.0. The van der Waals surface area contributed by atoms with Gasteiger partial charge >= 0.3 is 0 Å². The Morgan fingerprint density at radius 3 is 2.77 bits per heavy atom. The molecule has 0 amide bonds. The first-order chi connectivity index (χ1) is 14.5. The molecule has 0 aliphatic rings. The summed E-state index contributed by atoms with van der Waals surface area (Å²) in [7, 11) is 1.67. The number of nitro groups is 1. The van der Waals surface area contributed by atoms with E-state index in [1.165, 1.54) is 18.3 Å². The Labute approximate surface area is 177 Å². The highest BCUT2D eigenvalue weighted by Crippen LogP contribution is 2.31. The molecule has 0 bridgehead atoms. The van der Waals surface area contributed by atoms with Crippen LogP contribution in [0.15, 0.2) is 59.7 Å². The SMILES string of the molecule is CN=C(C=CN)NCCNc1nc(-c2ccc([N+](=O)[O-])cc2Cl)nc2ccccc12. The molecule has 0 saturated carbocycles. The fourth-order valence-electron chi connectivity index (χ4n) is 2.81. The summed E-state index contributed by atoms with van der Waals surface area (Å²) in [5, 5.41) is 18.5. The lowest BCUT2D eigenvalue weighted by Crippen LogP contribution is -2.27. The predicted molar refractivity (Wildman–Crippen MR) is 120 cm³/mol. The molecule has 154 valence electrons. The lowest BCUT2D eigenvalue weighted by molar-refractivity contribution is -0.384. The number of aliphatic imine (C=N–C) groups is 1. The van der Waals surface area contributed by atoms with Crippen LogP contribution in [0.2, 0.25) is 5.02 Å². The molecule has 4 N–H and O–H groups in total. The molecule has 3 aromatic rings. The molecule has 0 unspecified atom stereocenters. The number of amidine groups is 1. The maximum Gasteiger partial charge on any atom is 0.270 e. The number of nitro benzene ring substituents is 1. The first kappa shape index (κ1) is 21.0. The number of hydrogen-bond acceptors (Lipinski definition) is 7. The number of rotatable bonds is 7. The Bertz CT molecular complexity index is 1130. The van der Waals surface area contributed by atoms with Crippen molar-refractivity contribution >= 4 is 39.8 Å². The quantitative estimate of drug-likeness (QED) is 0.174. The van der Waals surface area contributed by atoms with Gasteiger partial charge in [-0.25, -0.2) is 9.97 Å². The van der Waals surface area contributed by atoms with Gasteiger partial charge in [-0.2, -0.15) is 0 Å². The summed E-state index contributed by atoms with van der Waals surface area (Å²) in [6.45, 7) is 1.15. The van der Waals surface area contributed by atoms with Crippen molar-refractivity contribution < 1.29 is 4.92 Å². The second kappa shape index (κ2) is 9.66. The van der Waals surface area contributed by atoms with E-state index in [1.54, 1.807) is 19.2 Å². The molecule has 0 atom stereocenters. The van der Waals surface area contributed by atoms with E-state index in [1.807, 2.05) is 24.3 Å². The zero-order chi connectivity index (χ0) is 21.5. The van der Waals surface area contributed by atoms with Crippen LogP contribution in [-0.4, -0.2) is 40.9 Å².